The molecule has 0 amide bonds. The van der Waals surface area contributed by atoms with E-state index in [0.717, 1.165) is 5.56 Å². The molecule has 3 nitrogen and oxygen atoms in total. The lowest BCUT2D eigenvalue weighted by atomic mass is 9.76. The maximum Gasteiger partial charge on any atom is 0.305 e. The molecular weight excluding hydrogens is 214 g/mol. The van der Waals surface area contributed by atoms with Crippen molar-refractivity contribution in [1.29, 1.82) is 0 Å². The lowest BCUT2D eigenvalue weighted by Gasteiger charge is -2.43. The van der Waals surface area contributed by atoms with Crippen molar-refractivity contribution in [2.45, 2.75) is 25.8 Å². The van der Waals surface area contributed by atoms with Crippen LogP contribution in [0.2, 0.25) is 0 Å². The van der Waals surface area contributed by atoms with Crippen molar-refractivity contribution < 1.29 is 9.90 Å². The van der Waals surface area contributed by atoms with Crippen molar-refractivity contribution in [3.63, 3.8) is 0 Å². The van der Waals surface area contributed by atoms with Gasteiger partial charge in [0.2, 0.25) is 0 Å². The van der Waals surface area contributed by atoms with Crippen LogP contribution in [0, 0.1) is 5.92 Å². The third-order valence-corrected chi connectivity index (χ3v) is 3.45. The Bertz CT molecular complexity index is 363. The monoisotopic (exact) mass is 235 g/mol. The molecule has 0 bridgehead atoms. The molecule has 1 rings (SSSR count). The van der Waals surface area contributed by atoms with Gasteiger partial charge in [-0.2, -0.15) is 0 Å². The van der Waals surface area contributed by atoms with Crippen molar-refractivity contribution in [2.24, 2.45) is 5.92 Å². The summed E-state index contributed by atoms with van der Waals surface area (Å²) in [7, 11) is 3.88. The summed E-state index contributed by atoms with van der Waals surface area (Å²) in [6, 6.07) is 9.87. The van der Waals surface area contributed by atoms with Gasteiger partial charge in [0.05, 0.1) is 12.0 Å². The molecule has 0 heterocycles. The molecular formula is C14H21NO2. The van der Waals surface area contributed by atoms with E-state index in [1.54, 1.807) is 0 Å². The van der Waals surface area contributed by atoms with E-state index in [4.69, 9.17) is 0 Å². The highest BCUT2D eigenvalue weighted by Gasteiger charge is 2.39. The van der Waals surface area contributed by atoms with Crippen LogP contribution >= 0.6 is 0 Å². The number of carbonyl (C=O) groups is 1. The van der Waals surface area contributed by atoms with E-state index in [1.807, 2.05) is 49.3 Å². The fourth-order valence-electron chi connectivity index (χ4n) is 2.53. The quantitative estimate of drug-likeness (QED) is 0.852. The second kappa shape index (κ2) is 5.32. The van der Waals surface area contributed by atoms with Gasteiger partial charge in [-0.05, 0) is 25.6 Å². The highest BCUT2D eigenvalue weighted by atomic mass is 16.4. The average molecular weight is 235 g/mol. The standard InChI is InChI=1S/C14H21NO2/c1-11(2)14(15(3)4,10-13(16)17)12-8-6-5-7-9-12/h5-9,11H,10H2,1-4H3,(H,16,17). The molecule has 0 aliphatic heterocycles. The van der Waals surface area contributed by atoms with Crippen LogP contribution in [0.1, 0.15) is 25.8 Å². The summed E-state index contributed by atoms with van der Waals surface area (Å²) in [5.41, 5.74) is 0.606. The molecule has 1 unspecified atom stereocenters. The van der Waals surface area contributed by atoms with Gasteiger partial charge in [-0.1, -0.05) is 44.2 Å². The number of nitrogens with zero attached hydrogens (tertiary/aromatic N) is 1. The van der Waals surface area contributed by atoms with Crippen molar-refractivity contribution in [1.82, 2.24) is 4.90 Å². The van der Waals surface area contributed by atoms with Crippen LogP contribution in [0.4, 0.5) is 0 Å². The zero-order valence-electron chi connectivity index (χ0n) is 11.0. The number of carboxylic acids is 1. The fourth-order valence-corrected chi connectivity index (χ4v) is 2.53. The van der Waals surface area contributed by atoms with Gasteiger partial charge in [0, 0.05) is 0 Å². The van der Waals surface area contributed by atoms with E-state index in [2.05, 4.69) is 13.8 Å². The van der Waals surface area contributed by atoms with Crippen molar-refractivity contribution in [3.05, 3.63) is 35.9 Å². The van der Waals surface area contributed by atoms with Gasteiger partial charge in [-0.3, -0.25) is 9.69 Å². The zero-order chi connectivity index (χ0) is 13.1. The molecule has 1 aromatic rings. The lowest BCUT2D eigenvalue weighted by Crippen LogP contribution is -2.47. The molecule has 1 aromatic carbocycles. The topological polar surface area (TPSA) is 40.5 Å². The van der Waals surface area contributed by atoms with Crippen LogP contribution < -0.4 is 0 Å². The van der Waals surface area contributed by atoms with Gasteiger partial charge < -0.3 is 5.11 Å². The SMILES string of the molecule is CC(C)C(CC(=O)O)(c1ccccc1)N(C)C. The van der Waals surface area contributed by atoms with Crippen molar-refractivity contribution in [3.8, 4) is 0 Å². The number of benzene rings is 1. The predicted molar refractivity (Wildman–Crippen MR) is 68.9 cm³/mol. The summed E-state index contributed by atoms with van der Waals surface area (Å²) in [5.74, 6) is -0.549. The lowest BCUT2D eigenvalue weighted by molar-refractivity contribution is -0.141. The Hall–Kier alpha value is -1.35. The molecule has 0 aliphatic carbocycles. The molecule has 17 heavy (non-hydrogen) atoms. The molecule has 0 saturated heterocycles. The average Bonchev–Trinajstić information content (AvgIpc) is 2.25. The van der Waals surface area contributed by atoms with E-state index in [9.17, 15) is 9.90 Å². The van der Waals surface area contributed by atoms with E-state index in [0.29, 0.717) is 0 Å². The van der Waals surface area contributed by atoms with Crippen LogP contribution in [0.3, 0.4) is 0 Å². The Morgan fingerprint density at radius 3 is 2.18 bits per heavy atom. The first-order chi connectivity index (χ1) is 7.91. The molecule has 0 saturated carbocycles. The Kier molecular flexibility index (Phi) is 4.29. The second-order valence-corrected chi connectivity index (χ2v) is 4.91. The van der Waals surface area contributed by atoms with Crippen LogP contribution in [0.15, 0.2) is 30.3 Å². The largest absolute Gasteiger partial charge is 0.481 e. The summed E-state index contributed by atoms with van der Waals surface area (Å²) in [6.45, 7) is 4.13. The molecule has 94 valence electrons. The normalized spacial score (nSPS) is 14.9. The smallest absolute Gasteiger partial charge is 0.305 e. The molecule has 0 aromatic heterocycles. The van der Waals surface area contributed by atoms with Gasteiger partial charge in [-0.25, -0.2) is 0 Å². The Morgan fingerprint density at radius 1 is 1.29 bits per heavy atom. The maximum absolute atomic E-state index is 11.2. The van der Waals surface area contributed by atoms with Crippen LogP contribution in [-0.4, -0.2) is 30.1 Å². The molecule has 3 heteroatoms. The Balaban J connectivity index is 3.30. The molecule has 1 atom stereocenters. The first-order valence-corrected chi connectivity index (χ1v) is 5.86. The summed E-state index contributed by atoms with van der Waals surface area (Å²) >= 11 is 0. The van der Waals surface area contributed by atoms with E-state index in [1.165, 1.54) is 0 Å². The van der Waals surface area contributed by atoms with Gasteiger partial charge in [0.1, 0.15) is 0 Å². The number of carboxylic acid groups (broad SMARTS) is 1. The maximum atomic E-state index is 11.2. The predicted octanol–water partition coefficient (Wildman–Crippen LogP) is 2.57. The first-order valence-electron chi connectivity index (χ1n) is 5.86. The van der Waals surface area contributed by atoms with Crippen LogP contribution in [0.25, 0.3) is 0 Å². The third-order valence-electron chi connectivity index (χ3n) is 3.45. The molecule has 0 radical (unpaired) electrons. The second-order valence-electron chi connectivity index (χ2n) is 4.91. The van der Waals surface area contributed by atoms with Crippen molar-refractivity contribution >= 4 is 5.97 Å². The molecule has 0 spiro atoms. The van der Waals surface area contributed by atoms with Gasteiger partial charge in [0.25, 0.3) is 0 Å². The van der Waals surface area contributed by atoms with E-state index < -0.39 is 11.5 Å². The summed E-state index contributed by atoms with van der Waals surface area (Å²) in [6.07, 6.45) is 0.113. The molecule has 0 aliphatic rings. The minimum absolute atomic E-state index is 0.113. The Morgan fingerprint density at radius 2 is 1.82 bits per heavy atom. The van der Waals surface area contributed by atoms with Crippen LogP contribution in [-0.2, 0) is 10.3 Å². The number of hydrogen-bond donors (Lipinski definition) is 1. The molecule has 1 N–H and O–H groups in total. The van der Waals surface area contributed by atoms with Gasteiger partial charge >= 0.3 is 5.97 Å². The van der Waals surface area contributed by atoms with Crippen molar-refractivity contribution in [2.75, 3.05) is 14.1 Å². The summed E-state index contributed by atoms with van der Waals surface area (Å²) < 4.78 is 0. The minimum atomic E-state index is -0.767. The molecule has 0 fully saturated rings. The van der Waals surface area contributed by atoms with Gasteiger partial charge in [0.15, 0.2) is 0 Å². The Labute approximate surface area is 103 Å². The number of hydrogen-bond acceptors (Lipinski definition) is 2. The highest BCUT2D eigenvalue weighted by molar-refractivity contribution is 5.69. The minimum Gasteiger partial charge on any atom is -0.481 e. The van der Waals surface area contributed by atoms with Crippen LogP contribution in [0.5, 0.6) is 0 Å². The van der Waals surface area contributed by atoms with Gasteiger partial charge in [-0.15, -0.1) is 0 Å². The third kappa shape index (κ3) is 2.67. The van der Waals surface area contributed by atoms with E-state index in [-0.39, 0.29) is 12.3 Å². The van der Waals surface area contributed by atoms with E-state index >= 15 is 0 Å². The first kappa shape index (κ1) is 13.7. The summed E-state index contributed by atoms with van der Waals surface area (Å²) in [5, 5.41) is 9.18. The zero-order valence-corrected chi connectivity index (χ0v) is 11.0. The summed E-state index contributed by atoms with van der Waals surface area (Å²) in [4.78, 5) is 13.2. The number of aliphatic carboxylic acids is 1. The fraction of sp³-hybridized carbons (Fsp3) is 0.500. The number of rotatable bonds is 5. The highest BCUT2D eigenvalue weighted by Crippen LogP contribution is 2.37.